The highest BCUT2D eigenvalue weighted by atomic mass is 32.2. The Morgan fingerprint density at radius 1 is 1.23 bits per heavy atom. The van der Waals surface area contributed by atoms with Crippen LogP contribution in [0.3, 0.4) is 0 Å². The minimum atomic E-state index is -0.718. The van der Waals surface area contributed by atoms with E-state index in [1.165, 1.54) is 4.90 Å². The van der Waals surface area contributed by atoms with E-state index in [2.05, 4.69) is 5.32 Å². The zero-order valence-electron chi connectivity index (χ0n) is 11.6. The summed E-state index contributed by atoms with van der Waals surface area (Å²) in [5, 5.41) is 1.93. The number of ether oxygens (including phenoxy) is 1. The summed E-state index contributed by atoms with van der Waals surface area (Å²) in [5.74, 6) is -1.33. The van der Waals surface area contributed by atoms with Crippen LogP contribution >= 0.6 is 11.8 Å². The van der Waals surface area contributed by atoms with Crippen LogP contribution in [0.2, 0.25) is 0 Å². The van der Waals surface area contributed by atoms with Gasteiger partial charge in [-0.25, -0.2) is 0 Å². The molecule has 116 valence electrons. The van der Waals surface area contributed by atoms with Crippen molar-refractivity contribution in [2.24, 2.45) is 0 Å². The topological polar surface area (TPSA) is 92.8 Å². The van der Waals surface area contributed by atoms with Crippen molar-refractivity contribution in [2.75, 3.05) is 25.4 Å². The number of carbonyl (C=O) groups is 4. The number of nitrogens with zero attached hydrogens (tertiary/aromatic N) is 1. The standard InChI is InChI=1S/C14H14N2O5S/c17-11(15-13(19)10-4-2-1-3-5-10)9-21-12(18)8-16-6-7-22-14(16)20/h1-5H,6-9H2,(H,15,17,19). The smallest absolute Gasteiger partial charge is 0.326 e. The molecule has 1 fully saturated rings. The zero-order chi connectivity index (χ0) is 15.9. The van der Waals surface area contributed by atoms with Crippen molar-refractivity contribution < 1.29 is 23.9 Å². The molecular weight excluding hydrogens is 308 g/mol. The summed E-state index contributed by atoms with van der Waals surface area (Å²) < 4.78 is 4.74. The second kappa shape index (κ2) is 7.60. The van der Waals surface area contributed by atoms with Crippen molar-refractivity contribution >= 4 is 34.8 Å². The van der Waals surface area contributed by atoms with Crippen LogP contribution in [0.25, 0.3) is 0 Å². The first-order chi connectivity index (χ1) is 10.6. The molecule has 0 unspecified atom stereocenters. The maximum absolute atomic E-state index is 11.7. The van der Waals surface area contributed by atoms with E-state index in [0.717, 1.165) is 11.8 Å². The molecule has 7 nitrogen and oxygen atoms in total. The molecule has 0 atom stereocenters. The first-order valence-corrected chi connectivity index (χ1v) is 7.51. The lowest BCUT2D eigenvalue weighted by atomic mass is 10.2. The fourth-order valence-electron chi connectivity index (χ4n) is 1.74. The number of esters is 1. The van der Waals surface area contributed by atoms with Gasteiger partial charge in [-0.1, -0.05) is 30.0 Å². The quantitative estimate of drug-likeness (QED) is 0.800. The van der Waals surface area contributed by atoms with Crippen LogP contribution in [0, 0.1) is 0 Å². The lowest BCUT2D eigenvalue weighted by Crippen LogP contribution is -2.36. The first kappa shape index (κ1) is 16.0. The summed E-state index contributed by atoms with van der Waals surface area (Å²) in [6.07, 6.45) is 0. The summed E-state index contributed by atoms with van der Waals surface area (Å²) in [4.78, 5) is 47.4. The Morgan fingerprint density at radius 3 is 2.59 bits per heavy atom. The molecule has 22 heavy (non-hydrogen) atoms. The number of hydrogen-bond acceptors (Lipinski definition) is 6. The Kier molecular flexibility index (Phi) is 5.54. The van der Waals surface area contributed by atoms with Gasteiger partial charge in [-0.2, -0.15) is 0 Å². The molecule has 0 spiro atoms. The number of thioether (sulfide) groups is 1. The molecule has 1 aliphatic rings. The zero-order valence-corrected chi connectivity index (χ0v) is 12.4. The van der Waals surface area contributed by atoms with Crippen LogP contribution in [0.5, 0.6) is 0 Å². The SMILES string of the molecule is O=C(COC(=O)CN1CCSC1=O)NC(=O)c1ccccc1. The van der Waals surface area contributed by atoms with Crippen molar-refractivity contribution in [3.05, 3.63) is 35.9 Å². The number of benzene rings is 1. The van der Waals surface area contributed by atoms with Crippen LogP contribution in [0.15, 0.2) is 30.3 Å². The van der Waals surface area contributed by atoms with Crippen LogP contribution in [-0.2, 0) is 14.3 Å². The molecule has 8 heteroatoms. The van der Waals surface area contributed by atoms with Crippen molar-refractivity contribution in [1.82, 2.24) is 10.2 Å². The highest BCUT2D eigenvalue weighted by Crippen LogP contribution is 2.16. The Morgan fingerprint density at radius 2 is 1.95 bits per heavy atom. The number of rotatable bonds is 5. The molecule has 1 aromatic rings. The van der Waals surface area contributed by atoms with Gasteiger partial charge in [0.1, 0.15) is 6.54 Å². The van der Waals surface area contributed by atoms with E-state index in [1.807, 2.05) is 0 Å². The van der Waals surface area contributed by atoms with Gasteiger partial charge in [-0.15, -0.1) is 0 Å². The van der Waals surface area contributed by atoms with E-state index in [-0.39, 0.29) is 11.8 Å². The summed E-state index contributed by atoms with van der Waals surface area (Å²) in [6.45, 7) is -0.268. The third-order valence-corrected chi connectivity index (χ3v) is 3.71. The molecule has 1 saturated heterocycles. The highest BCUT2D eigenvalue weighted by molar-refractivity contribution is 8.13. The Balaban J connectivity index is 1.72. The summed E-state index contributed by atoms with van der Waals surface area (Å²) in [7, 11) is 0. The van der Waals surface area contributed by atoms with Crippen LogP contribution < -0.4 is 5.32 Å². The maximum Gasteiger partial charge on any atom is 0.326 e. The monoisotopic (exact) mass is 322 g/mol. The number of hydrogen-bond donors (Lipinski definition) is 1. The summed E-state index contributed by atoms with van der Waals surface area (Å²) in [5.41, 5.74) is 0.335. The van der Waals surface area contributed by atoms with Crippen LogP contribution in [0.4, 0.5) is 4.79 Å². The van der Waals surface area contributed by atoms with Gasteiger partial charge in [0.05, 0.1) is 0 Å². The van der Waals surface area contributed by atoms with E-state index < -0.39 is 24.4 Å². The van der Waals surface area contributed by atoms with Gasteiger partial charge in [0.2, 0.25) is 0 Å². The highest BCUT2D eigenvalue weighted by Gasteiger charge is 2.24. The molecular formula is C14H14N2O5S. The van der Waals surface area contributed by atoms with Gasteiger partial charge < -0.3 is 9.64 Å². The number of nitrogens with one attached hydrogen (secondary N) is 1. The fraction of sp³-hybridized carbons (Fsp3) is 0.286. The third kappa shape index (κ3) is 4.59. The van der Waals surface area contributed by atoms with Crippen LogP contribution in [0.1, 0.15) is 10.4 Å². The van der Waals surface area contributed by atoms with Crippen LogP contribution in [-0.4, -0.2) is 53.4 Å². The average molecular weight is 322 g/mol. The van der Waals surface area contributed by atoms with Crippen molar-refractivity contribution in [3.63, 3.8) is 0 Å². The number of imide groups is 1. The molecule has 2 rings (SSSR count). The van der Waals surface area contributed by atoms with E-state index in [1.54, 1.807) is 30.3 Å². The maximum atomic E-state index is 11.7. The summed E-state index contributed by atoms with van der Waals surface area (Å²) >= 11 is 1.13. The Bertz CT molecular complexity index is 590. The molecule has 0 bridgehead atoms. The van der Waals surface area contributed by atoms with Crippen molar-refractivity contribution in [3.8, 4) is 0 Å². The molecule has 1 aromatic carbocycles. The predicted molar refractivity (Wildman–Crippen MR) is 79.3 cm³/mol. The predicted octanol–water partition coefficient (Wildman–Crippen LogP) is 0.655. The lowest BCUT2D eigenvalue weighted by molar-refractivity contribution is -0.148. The number of amides is 3. The van der Waals surface area contributed by atoms with E-state index in [0.29, 0.717) is 17.9 Å². The Labute approximate surface area is 131 Å². The van der Waals surface area contributed by atoms with E-state index in [4.69, 9.17) is 4.74 Å². The Hall–Kier alpha value is -2.35. The van der Waals surface area contributed by atoms with Crippen molar-refractivity contribution in [2.45, 2.75) is 0 Å². The summed E-state index contributed by atoms with van der Waals surface area (Å²) in [6, 6.07) is 8.21. The molecule has 0 saturated carbocycles. The third-order valence-electron chi connectivity index (χ3n) is 2.82. The lowest BCUT2D eigenvalue weighted by Gasteiger charge is -2.13. The minimum absolute atomic E-state index is 0.180. The van der Waals surface area contributed by atoms with Gasteiger partial charge in [-0.05, 0) is 12.1 Å². The minimum Gasteiger partial charge on any atom is -0.454 e. The molecule has 1 heterocycles. The fourth-order valence-corrected chi connectivity index (χ4v) is 2.57. The largest absolute Gasteiger partial charge is 0.454 e. The van der Waals surface area contributed by atoms with Crippen molar-refractivity contribution in [1.29, 1.82) is 0 Å². The first-order valence-electron chi connectivity index (χ1n) is 6.53. The molecule has 1 aliphatic heterocycles. The molecule has 3 amide bonds. The molecule has 0 aromatic heterocycles. The normalized spacial score (nSPS) is 13.8. The molecule has 1 N–H and O–H groups in total. The van der Waals surface area contributed by atoms with E-state index >= 15 is 0 Å². The number of carbonyl (C=O) groups excluding carboxylic acids is 4. The van der Waals surface area contributed by atoms with Gasteiger partial charge in [0.25, 0.3) is 17.1 Å². The van der Waals surface area contributed by atoms with Gasteiger partial charge >= 0.3 is 5.97 Å². The van der Waals surface area contributed by atoms with Gasteiger partial charge in [0.15, 0.2) is 6.61 Å². The van der Waals surface area contributed by atoms with Gasteiger partial charge in [0, 0.05) is 17.9 Å². The average Bonchev–Trinajstić information content (AvgIpc) is 2.91. The second-order valence-electron chi connectivity index (χ2n) is 4.44. The van der Waals surface area contributed by atoms with Gasteiger partial charge in [-0.3, -0.25) is 24.5 Å². The second-order valence-corrected chi connectivity index (χ2v) is 5.49. The van der Waals surface area contributed by atoms with E-state index in [9.17, 15) is 19.2 Å². The molecule has 0 aliphatic carbocycles. The molecule has 0 radical (unpaired) electrons.